The van der Waals surface area contributed by atoms with Gasteiger partial charge in [0, 0.05) is 24.1 Å². The number of carbonyl (C=O) groups is 2. The van der Waals surface area contributed by atoms with Crippen LogP contribution >= 0.6 is 11.3 Å². The number of carbonyl (C=O) groups excluding carboxylic acids is 2. The van der Waals surface area contributed by atoms with Crippen LogP contribution in [0.1, 0.15) is 30.0 Å². The van der Waals surface area contributed by atoms with E-state index in [1.54, 1.807) is 22.9 Å². The average molecular weight is 472 g/mol. The lowest BCUT2D eigenvalue weighted by Crippen LogP contribution is -2.52. The van der Waals surface area contributed by atoms with Crippen LogP contribution < -0.4 is 30.2 Å². The maximum absolute atomic E-state index is 13.2. The van der Waals surface area contributed by atoms with Crippen LogP contribution in [0.25, 0.3) is 10.6 Å². The summed E-state index contributed by atoms with van der Waals surface area (Å²) in [6, 6.07) is 8.74. The van der Waals surface area contributed by atoms with Crippen LogP contribution in [0.15, 0.2) is 35.7 Å². The quantitative estimate of drug-likeness (QED) is 0.485. The van der Waals surface area contributed by atoms with Gasteiger partial charge in [-0.2, -0.15) is 5.10 Å². The standard InChI is InChI=1S/C22H25N5O5S/c1-12-8-19(28)25-22(23-12)27-18(11-14(26-27)17-6-5-7-33-17)24-21(29)13-9-15(30-2)20(32-4)16(10-13)31-3/h5-7,9-12,22-23H,8H2,1-4H3,(H,24,29)(H,25,28). The summed E-state index contributed by atoms with van der Waals surface area (Å²) in [5, 5.41) is 15.7. The lowest BCUT2D eigenvalue weighted by molar-refractivity contribution is -0.125. The third kappa shape index (κ3) is 4.64. The highest BCUT2D eigenvalue weighted by Crippen LogP contribution is 2.38. The van der Waals surface area contributed by atoms with Gasteiger partial charge in [-0.3, -0.25) is 14.9 Å². The van der Waals surface area contributed by atoms with Crippen molar-refractivity contribution in [1.29, 1.82) is 0 Å². The molecule has 2 amide bonds. The Kier molecular flexibility index (Phi) is 6.52. The third-order valence-corrected chi connectivity index (χ3v) is 6.05. The molecule has 1 aliphatic rings. The van der Waals surface area contributed by atoms with E-state index >= 15 is 0 Å². The number of aromatic nitrogens is 2. The molecule has 1 fully saturated rings. The van der Waals surface area contributed by atoms with Crippen LogP contribution in [0.4, 0.5) is 5.82 Å². The van der Waals surface area contributed by atoms with Crippen molar-refractivity contribution in [3.05, 3.63) is 41.3 Å². The van der Waals surface area contributed by atoms with E-state index in [-0.39, 0.29) is 11.9 Å². The molecule has 0 radical (unpaired) electrons. The highest BCUT2D eigenvalue weighted by atomic mass is 32.1. The molecule has 0 aliphatic carbocycles. The zero-order valence-electron chi connectivity index (χ0n) is 18.7. The first-order valence-corrected chi connectivity index (χ1v) is 11.1. The van der Waals surface area contributed by atoms with Gasteiger partial charge in [-0.05, 0) is 30.5 Å². The molecular formula is C22H25N5O5S. The zero-order chi connectivity index (χ0) is 23.5. The van der Waals surface area contributed by atoms with Gasteiger partial charge < -0.3 is 24.8 Å². The van der Waals surface area contributed by atoms with Crippen molar-refractivity contribution in [3.8, 4) is 27.8 Å². The van der Waals surface area contributed by atoms with Gasteiger partial charge in [0.1, 0.15) is 11.5 Å². The van der Waals surface area contributed by atoms with E-state index in [0.717, 1.165) is 4.88 Å². The summed E-state index contributed by atoms with van der Waals surface area (Å²) in [5.41, 5.74) is 0.989. The monoisotopic (exact) mass is 471 g/mol. The van der Waals surface area contributed by atoms with Gasteiger partial charge in [-0.1, -0.05) is 6.07 Å². The molecule has 0 bridgehead atoms. The van der Waals surface area contributed by atoms with Crippen molar-refractivity contribution < 1.29 is 23.8 Å². The van der Waals surface area contributed by atoms with E-state index in [9.17, 15) is 9.59 Å². The molecule has 11 heteroatoms. The molecule has 3 N–H and O–H groups in total. The summed E-state index contributed by atoms with van der Waals surface area (Å²) in [6.45, 7) is 1.92. The van der Waals surface area contributed by atoms with E-state index in [2.05, 4.69) is 21.0 Å². The first-order chi connectivity index (χ1) is 15.9. The number of benzene rings is 1. The van der Waals surface area contributed by atoms with E-state index in [1.165, 1.54) is 32.7 Å². The van der Waals surface area contributed by atoms with Gasteiger partial charge in [0.05, 0.1) is 26.2 Å². The fraction of sp³-hybridized carbons (Fsp3) is 0.318. The van der Waals surface area contributed by atoms with Gasteiger partial charge in [0.25, 0.3) is 5.91 Å². The average Bonchev–Trinajstić information content (AvgIpc) is 3.47. The Morgan fingerprint density at radius 3 is 2.48 bits per heavy atom. The molecule has 3 aromatic rings. The summed E-state index contributed by atoms with van der Waals surface area (Å²) >= 11 is 1.53. The predicted molar refractivity (Wildman–Crippen MR) is 124 cm³/mol. The zero-order valence-corrected chi connectivity index (χ0v) is 19.5. The van der Waals surface area contributed by atoms with Crippen molar-refractivity contribution in [2.45, 2.75) is 25.7 Å². The van der Waals surface area contributed by atoms with Crippen molar-refractivity contribution >= 4 is 29.0 Å². The topological polar surface area (TPSA) is 116 Å². The normalized spacial score (nSPS) is 17.9. The van der Waals surface area contributed by atoms with Gasteiger partial charge in [-0.25, -0.2) is 4.68 Å². The van der Waals surface area contributed by atoms with Gasteiger partial charge in [-0.15, -0.1) is 11.3 Å². The first-order valence-electron chi connectivity index (χ1n) is 10.2. The molecule has 3 heterocycles. The Morgan fingerprint density at radius 1 is 1.18 bits per heavy atom. The molecule has 0 saturated carbocycles. The number of nitrogens with zero attached hydrogens (tertiary/aromatic N) is 2. The molecule has 2 atom stereocenters. The molecule has 0 spiro atoms. The van der Waals surface area contributed by atoms with E-state index < -0.39 is 12.2 Å². The van der Waals surface area contributed by atoms with Crippen molar-refractivity contribution in [3.63, 3.8) is 0 Å². The lowest BCUT2D eigenvalue weighted by atomic mass is 10.1. The fourth-order valence-corrected chi connectivity index (χ4v) is 4.30. The molecule has 33 heavy (non-hydrogen) atoms. The summed E-state index contributed by atoms with van der Waals surface area (Å²) in [4.78, 5) is 26.3. The Hall–Kier alpha value is -3.57. The molecule has 2 aromatic heterocycles. The number of ether oxygens (including phenoxy) is 3. The lowest BCUT2D eigenvalue weighted by Gasteiger charge is -2.30. The Bertz CT molecular complexity index is 1140. The van der Waals surface area contributed by atoms with Crippen molar-refractivity contribution in [2.75, 3.05) is 26.6 Å². The number of amides is 2. The van der Waals surface area contributed by atoms with E-state index in [1.807, 2.05) is 24.4 Å². The minimum Gasteiger partial charge on any atom is -0.493 e. The fourth-order valence-electron chi connectivity index (χ4n) is 3.62. The molecule has 174 valence electrons. The second-order valence-electron chi connectivity index (χ2n) is 7.45. The number of hydrogen-bond acceptors (Lipinski definition) is 8. The third-order valence-electron chi connectivity index (χ3n) is 5.15. The Labute approximate surface area is 194 Å². The van der Waals surface area contributed by atoms with Crippen molar-refractivity contribution in [2.24, 2.45) is 0 Å². The van der Waals surface area contributed by atoms with Crippen LogP contribution in [0, 0.1) is 0 Å². The van der Waals surface area contributed by atoms with Gasteiger partial charge in [0.15, 0.2) is 17.8 Å². The number of rotatable bonds is 7. The highest BCUT2D eigenvalue weighted by molar-refractivity contribution is 7.13. The summed E-state index contributed by atoms with van der Waals surface area (Å²) in [7, 11) is 4.47. The van der Waals surface area contributed by atoms with E-state index in [4.69, 9.17) is 14.2 Å². The Balaban J connectivity index is 1.70. The number of anilines is 1. The maximum atomic E-state index is 13.2. The molecule has 10 nitrogen and oxygen atoms in total. The van der Waals surface area contributed by atoms with E-state index in [0.29, 0.717) is 40.7 Å². The molecule has 1 aliphatic heterocycles. The number of thiophene rings is 1. The van der Waals surface area contributed by atoms with Crippen molar-refractivity contribution in [1.82, 2.24) is 20.4 Å². The molecular weight excluding hydrogens is 446 g/mol. The maximum Gasteiger partial charge on any atom is 0.257 e. The smallest absolute Gasteiger partial charge is 0.257 e. The molecule has 1 saturated heterocycles. The molecule has 1 aromatic carbocycles. The van der Waals surface area contributed by atoms with Crippen LogP contribution in [0.5, 0.6) is 17.2 Å². The number of nitrogens with one attached hydrogen (secondary N) is 3. The van der Waals surface area contributed by atoms with Crippen LogP contribution in [0.3, 0.4) is 0 Å². The first kappa shape index (κ1) is 22.6. The largest absolute Gasteiger partial charge is 0.493 e. The molecule has 4 rings (SSSR count). The van der Waals surface area contributed by atoms with Gasteiger partial charge in [0.2, 0.25) is 11.7 Å². The second-order valence-corrected chi connectivity index (χ2v) is 8.39. The minimum absolute atomic E-state index is 0.0446. The van der Waals surface area contributed by atoms with Crippen LogP contribution in [-0.4, -0.2) is 49.0 Å². The number of methoxy groups -OCH3 is 3. The summed E-state index contributed by atoms with van der Waals surface area (Å²) in [5.74, 6) is 1.05. The highest BCUT2D eigenvalue weighted by Gasteiger charge is 2.28. The SMILES string of the molecule is COc1cc(C(=O)Nc2cc(-c3cccs3)nn2C2NC(=O)CC(C)N2)cc(OC)c1OC. The van der Waals surface area contributed by atoms with Crippen LogP contribution in [0.2, 0.25) is 0 Å². The number of hydrogen-bond donors (Lipinski definition) is 3. The summed E-state index contributed by atoms with van der Waals surface area (Å²) in [6.07, 6.45) is -0.243. The van der Waals surface area contributed by atoms with Gasteiger partial charge >= 0.3 is 0 Å². The Morgan fingerprint density at radius 2 is 1.91 bits per heavy atom. The summed E-state index contributed by atoms with van der Waals surface area (Å²) < 4.78 is 17.6. The minimum atomic E-state index is -0.606. The second kappa shape index (κ2) is 9.51. The van der Waals surface area contributed by atoms with Crippen LogP contribution in [-0.2, 0) is 4.79 Å². The predicted octanol–water partition coefficient (Wildman–Crippen LogP) is 2.84. The molecule has 2 unspecified atom stereocenters.